The van der Waals surface area contributed by atoms with Crippen LogP contribution in [0.15, 0.2) is 0 Å². The van der Waals surface area contributed by atoms with Crippen molar-refractivity contribution in [1.82, 2.24) is 9.80 Å². The first-order chi connectivity index (χ1) is 9.22. The number of piperidine rings is 2. The predicted molar refractivity (Wildman–Crippen MR) is 75.8 cm³/mol. The summed E-state index contributed by atoms with van der Waals surface area (Å²) < 4.78 is 0. The van der Waals surface area contributed by atoms with E-state index in [4.69, 9.17) is 5.11 Å². The van der Waals surface area contributed by atoms with E-state index in [1.54, 1.807) is 0 Å². The molecule has 4 heteroatoms. The zero-order valence-electron chi connectivity index (χ0n) is 12.2. The molecule has 19 heavy (non-hydrogen) atoms. The molecule has 2 aliphatic rings. The lowest BCUT2D eigenvalue weighted by Crippen LogP contribution is -2.43. The first-order valence-corrected chi connectivity index (χ1v) is 7.84. The van der Waals surface area contributed by atoms with Crippen LogP contribution in [0.2, 0.25) is 0 Å². The maximum Gasteiger partial charge on any atom is 0.222 e. The van der Waals surface area contributed by atoms with Gasteiger partial charge in [-0.1, -0.05) is 6.92 Å². The van der Waals surface area contributed by atoms with E-state index in [1.807, 2.05) is 11.8 Å². The third-order valence-corrected chi connectivity index (χ3v) is 4.75. The van der Waals surface area contributed by atoms with E-state index in [1.165, 1.54) is 6.54 Å². The average molecular weight is 268 g/mol. The molecule has 4 nitrogen and oxygen atoms in total. The summed E-state index contributed by atoms with van der Waals surface area (Å²) >= 11 is 0. The molecular formula is C15H28N2O2. The normalized spacial score (nSPS) is 23.8. The zero-order chi connectivity index (χ0) is 13.7. The third kappa shape index (κ3) is 4.18. The minimum absolute atomic E-state index is 0.308. The van der Waals surface area contributed by atoms with Crippen molar-refractivity contribution in [3.05, 3.63) is 0 Å². The second-order valence-corrected chi connectivity index (χ2v) is 6.10. The summed E-state index contributed by atoms with van der Waals surface area (Å²) in [5.74, 6) is 1.59. The van der Waals surface area contributed by atoms with Crippen LogP contribution in [0.25, 0.3) is 0 Å². The Balaban J connectivity index is 1.67. The molecule has 0 aliphatic carbocycles. The number of carbonyl (C=O) groups is 1. The standard InChI is InChI=1S/C15H28N2O2/c1-2-15(19)17-9-5-13(6-10-17)11-16-7-3-14(12-18)4-8-16/h13-14,18H,2-12H2,1H3. The van der Waals surface area contributed by atoms with Gasteiger partial charge in [0.2, 0.25) is 5.91 Å². The molecular weight excluding hydrogens is 240 g/mol. The van der Waals surface area contributed by atoms with Crippen molar-refractivity contribution < 1.29 is 9.90 Å². The van der Waals surface area contributed by atoms with Gasteiger partial charge in [-0.25, -0.2) is 0 Å². The molecule has 0 spiro atoms. The molecule has 2 heterocycles. The minimum atomic E-state index is 0.308. The van der Waals surface area contributed by atoms with Crippen LogP contribution < -0.4 is 0 Å². The highest BCUT2D eigenvalue weighted by molar-refractivity contribution is 5.75. The van der Waals surface area contributed by atoms with E-state index in [0.29, 0.717) is 24.9 Å². The predicted octanol–water partition coefficient (Wildman–Crippen LogP) is 1.34. The van der Waals surface area contributed by atoms with Crippen molar-refractivity contribution in [3.63, 3.8) is 0 Å². The molecule has 0 radical (unpaired) electrons. The van der Waals surface area contributed by atoms with Gasteiger partial charge in [0.15, 0.2) is 0 Å². The second kappa shape index (κ2) is 7.25. The molecule has 2 fully saturated rings. The van der Waals surface area contributed by atoms with Gasteiger partial charge in [0, 0.05) is 32.7 Å². The van der Waals surface area contributed by atoms with Crippen LogP contribution in [-0.2, 0) is 4.79 Å². The molecule has 110 valence electrons. The molecule has 2 aliphatic heterocycles. The van der Waals surface area contributed by atoms with E-state index in [-0.39, 0.29) is 0 Å². The summed E-state index contributed by atoms with van der Waals surface area (Å²) in [7, 11) is 0. The lowest BCUT2D eigenvalue weighted by atomic mass is 9.93. The molecule has 0 aromatic heterocycles. The van der Waals surface area contributed by atoms with Crippen LogP contribution in [-0.4, -0.2) is 60.1 Å². The van der Waals surface area contributed by atoms with Crippen LogP contribution in [0.5, 0.6) is 0 Å². The maximum absolute atomic E-state index is 11.6. The Morgan fingerprint density at radius 1 is 1.05 bits per heavy atom. The lowest BCUT2D eigenvalue weighted by Gasteiger charge is -2.37. The number of likely N-dealkylation sites (tertiary alicyclic amines) is 2. The Bertz CT molecular complexity index is 280. The van der Waals surface area contributed by atoms with Gasteiger partial charge in [-0.05, 0) is 50.6 Å². The number of aliphatic hydroxyl groups excluding tert-OH is 1. The number of hydrogen-bond acceptors (Lipinski definition) is 3. The number of amides is 1. The van der Waals surface area contributed by atoms with Crippen LogP contribution in [0.3, 0.4) is 0 Å². The largest absolute Gasteiger partial charge is 0.396 e. The van der Waals surface area contributed by atoms with E-state index in [0.717, 1.165) is 57.8 Å². The van der Waals surface area contributed by atoms with Crippen LogP contribution in [0.1, 0.15) is 39.0 Å². The highest BCUT2D eigenvalue weighted by Crippen LogP contribution is 2.22. The van der Waals surface area contributed by atoms with Gasteiger partial charge in [0.05, 0.1) is 0 Å². The Morgan fingerprint density at radius 3 is 2.16 bits per heavy atom. The monoisotopic (exact) mass is 268 g/mol. The van der Waals surface area contributed by atoms with E-state index in [2.05, 4.69) is 4.90 Å². The van der Waals surface area contributed by atoms with Gasteiger partial charge in [-0.15, -0.1) is 0 Å². The average Bonchev–Trinajstić information content (AvgIpc) is 2.48. The SMILES string of the molecule is CCC(=O)N1CCC(CN2CCC(CO)CC2)CC1. The summed E-state index contributed by atoms with van der Waals surface area (Å²) in [4.78, 5) is 16.2. The number of carbonyl (C=O) groups excluding carboxylic acids is 1. The molecule has 0 aromatic carbocycles. The van der Waals surface area contributed by atoms with Crippen LogP contribution in [0, 0.1) is 11.8 Å². The number of rotatable bonds is 4. The van der Waals surface area contributed by atoms with Gasteiger partial charge < -0.3 is 14.9 Å². The van der Waals surface area contributed by atoms with Crippen LogP contribution >= 0.6 is 0 Å². The summed E-state index contributed by atoms with van der Waals surface area (Å²) in [6, 6.07) is 0. The molecule has 0 aromatic rings. The smallest absolute Gasteiger partial charge is 0.222 e. The Morgan fingerprint density at radius 2 is 1.63 bits per heavy atom. The number of hydrogen-bond donors (Lipinski definition) is 1. The summed E-state index contributed by atoms with van der Waals surface area (Å²) in [6.07, 6.45) is 5.24. The van der Waals surface area contributed by atoms with Crippen molar-refractivity contribution in [3.8, 4) is 0 Å². The summed E-state index contributed by atoms with van der Waals surface area (Å²) in [5, 5.41) is 9.15. The van der Waals surface area contributed by atoms with Gasteiger partial charge in [0.25, 0.3) is 0 Å². The molecule has 2 rings (SSSR count). The Labute approximate surface area is 116 Å². The lowest BCUT2D eigenvalue weighted by molar-refractivity contribution is -0.132. The highest BCUT2D eigenvalue weighted by Gasteiger charge is 2.25. The van der Waals surface area contributed by atoms with Gasteiger partial charge in [-0.2, -0.15) is 0 Å². The Kier molecular flexibility index (Phi) is 5.64. The molecule has 0 unspecified atom stereocenters. The fraction of sp³-hybridized carbons (Fsp3) is 0.933. The quantitative estimate of drug-likeness (QED) is 0.837. The highest BCUT2D eigenvalue weighted by atomic mass is 16.3. The van der Waals surface area contributed by atoms with Gasteiger partial charge >= 0.3 is 0 Å². The van der Waals surface area contributed by atoms with Crippen molar-refractivity contribution in [2.75, 3.05) is 39.3 Å². The third-order valence-electron chi connectivity index (χ3n) is 4.75. The zero-order valence-corrected chi connectivity index (χ0v) is 12.2. The minimum Gasteiger partial charge on any atom is -0.396 e. The topological polar surface area (TPSA) is 43.8 Å². The summed E-state index contributed by atoms with van der Waals surface area (Å²) in [6.45, 7) is 7.66. The number of nitrogens with zero attached hydrogens (tertiary/aromatic N) is 2. The van der Waals surface area contributed by atoms with Crippen molar-refractivity contribution >= 4 is 5.91 Å². The van der Waals surface area contributed by atoms with Crippen molar-refractivity contribution in [2.24, 2.45) is 11.8 Å². The van der Waals surface area contributed by atoms with E-state index in [9.17, 15) is 4.79 Å². The Hall–Kier alpha value is -0.610. The fourth-order valence-electron chi connectivity index (χ4n) is 3.31. The van der Waals surface area contributed by atoms with Crippen LogP contribution in [0.4, 0.5) is 0 Å². The molecule has 2 saturated heterocycles. The van der Waals surface area contributed by atoms with Gasteiger partial charge in [-0.3, -0.25) is 4.79 Å². The molecule has 0 bridgehead atoms. The molecule has 0 atom stereocenters. The van der Waals surface area contributed by atoms with Crippen molar-refractivity contribution in [2.45, 2.75) is 39.0 Å². The van der Waals surface area contributed by atoms with E-state index < -0.39 is 0 Å². The summed E-state index contributed by atoms with van der Waals surface area (Å²) in [5.41, 5.74) is 0. The first kappa shape index (κ1) is 14.8. The van der Waals surface area contributed by atoms with E-state index >= 15 is 0 Å². The first-order valence-electron chi connectivity index (χ1n) is 7.84. The number of aliphatic hydroxyl groups is 1. The molecule has 1 amide bonds. The van der Waals surface area contributed by atoms with Crippen molar-refractivity contribution in [1.29, 1.82) is 0 Å². The van der Waals surface area contributed by atoms with Gasteiger partial charge in [0.1, 0.15) is 0 Å². The molecule has 1 N–H and O–H groups in total. The molecule has 0 saturated carbocycles. The fourth-order valence-corrected chi connectivity index (χ4v) is 3.31. The second-order valence-electron chi connectivity index (χ2n) is 6.10. The maximum atomic E-state index is 11.6.